The minimum absolute atomic E-state index is 0.164. The van der Waals surface area contributed by atoms with E-state index in [1.807, 2.05) is 32.9 Å². The lowest BCUT2D eigenvalue weighted by Gasteiger charge is -2.48. The number of aromatic nitrogens is 2. The van der Waals surface area contributed by atoms with Crippen molar-refractivity contribution in [2.75, 3.05) is 44.2 Å². The van der Waals surface area contributed by atoms with Gasteiger partial charge in [0.05, 0.1) is 18.4 Å². The first-order valence-corrected chi connectivity index (χ1v) is 14.6. The maximum absolute atomic E-state index is 12.9. The Kier molecular flexibility index (Phi) is 8.34. The fraction of sp³-hybridized carbons (Fsp3) is 0.552. The number of likely N-dealkylation sites (tertiary alicyclic amines) is 1. The minimum Gasteiger partial charge on any atom is -0.494 e. The SMILES string of the molecule is CC(C)(C)OC(=O)NCCCOc1cccc(CN2CC3(CCN(c4ncnc5sc(CC(F)(F)F)cc45)C3)C2)c1. The van der Waals surface area contributed by atoms with Gasteiger partial charge in [0.15, 0.2) is 0 Å². The van der Waals surface area contributed by atoms with Crippen LogP contribution in [0.4, 0.5) is 23.8 Å². The van der Waals surface area contributed by atoms with Crippen LogP contribution in [0.25, 0.3) is 10.2 Å². The molecule has 0 unspecified atom stereocenters. The molecule has 2 aromatic heterocycles. The topological polar surface area (TPSA) is 79.8 Å². The summed E-state index contributed by atoms with van der Waals surface area (Å²) in [7, 11) is 0. The molecule has 2 fully saturated rings. The third-order valence-corrected chi connectivity index (χ3v) is 8.20. The molecule has 41 heavy (non-hydrogen) atoms. The van der Waals surface area contributed by atoms with Gasteiger partial charge in [0.2, 0.25) is 0 Å². The number of ether oxygens (including phenoxy) is 2. The molecule has 0 bridgehead atoms. The number of carbonyl (C=O) groups excluding carboxylic acids is 1. The number of thiophene rings is 1. The Morgan fingerprint density at radius 2 is 1.95 bits per heavy atom. The lowest BCUT2D eigenvalue weighted by molar-refractivity contribution is -0.126. The molecule has 0 aliphatic carbocycles. The van der Waals surface area contributed by atoms with Crippen molar-refractivity contribution < 1.29 is 27.4 Å². The molecular weight excluding hydrogens is 555 g/mol. The molecule has 0 atom stereocenters. The van der Waals surface area contributed by atoms with Gasteiger partial charge >= 0.3 is 12.3 Å². The second kappa shape index (κ2) is 11.6. The second-order valence-electron chi connectivity index (χ2n) is 12.0. The summed E-state index contributed by atoms with van der Waals surface area (Å²) >= 11 is 1.09. The number of alkyl halides is 3. The van der Waals surface area contributed by atoms with Gasteiger partial charge in [0, 0.05) is 49.6 Å². The van der Waals surface area contributed by atoms with Crippen LogP contribution < -0.4 is 15.0 Å². The first kappa shape index (κ1) is 29.4. The molecule has 1 amide bonds. The number of rotatable bonds is 9. The highest BCUT2D eigenvalue weighted by Crippen LogP contribution is 2.43. The van der Waals surface area contributed by atoms with Gasteiger partial charge in [0.1, 0.15) is 28.3 Å². The third kappa shape index (κ3) is 7.79. The summed E-state index contributed by atoms with van der Waals surface area (Å²) < 4.78 is 49.9. The third-order valence-electron chi connectivity index (χ3n) is 7.15. The average Bonchev–Trinajstić information content (AvgIpc) is 3.46. The first-order chi connectivity index (χ1) is 19.4. The number of anilines is 1. The second-order valence-corrected chi connectivity index (χ2v) is 13.1. The molecule has 3 aromatic rings. The predicted octanol–water partition coefficient (Wildman–Crippen LogP) is 5.80. The molecule has 2 aliphatic heterocycles. The van der Waals surface area contributed by atoms with E-state index < -0.39 is 24.3 Å². The Morgan fingerprint density at radius 1 is 1.15 bits per heavy atom. The van der Waals surface area contributed by atoms with Gasteiger partial charge < -0.3 is 19.7 Å². The zero-order chi connectivity index (χ0) is 29.3. The standard InChI is InChI=1S/C29H36F3N5O3S/c1-27(2,3)40-26(38)33-9-5-11-39-21-7-4-6-20(12-21)15-36-16-28(17-36)8-10-37(18-28)24-23-13-22(14-29(30,31)32)41-25(23)35-19-34-24/h4,6-7,12-13,19H,5,8-11,14-18H2,1-3H3,(H,33,38). The quantitative estimate of drug-likeness (QED) is 0.315. The molecule has 222 valence electrons. The van der Waals surface area contributed by atoms with Crippen LogP contribution in [0.3, 0.4) is 0 Å². The molecule has 1 aromatic carbocycles. The van der Waals surface area contributed by atoms with Crippen LogP contribution in [0.1, 0.15) is 44.1 Å². The molecule has 4 heterocycles. The van der Waals surface area contributed by atoms with E-state index in [1.165, 1.54) is 11.9 Å². The van der Waals surface area contributed by atoms with Gasteiger partial charge in [-0.25, -0.2) is 14.8 Å². The number of halogens is 3. The Morgan fingerprint density at radius 3 is 2.71 bits per heavy atom. The van der Waals surface area contributed by atoms with E-state index in [4.69, 9.17) is 9.47 Å². The molecule has 2 saturated heterocycles. The van der Waals surface area contributed by atoms with E-state index in [0.29, 0.717) is 29.8 Å². The lowest BCUT2D eigenvalue weighted by atomic mass is 9.79. The highest BCUT2D eigenvalue weighted by Gasteiger charge is 2.48. The van der Waals surface area contributed by atoms with Crippen LogP contribution in [0.2, 0.25) is 0 Å². The molecule has 12 heteroatoms. The monoisotopic (exact) mass is 591 g/mol. The summed E-state index contributed by atoms with van der Waals surface area (Å²) in [5.74, 6) is 1.54. The maximum atomic E-state index is 12.9. The fourth-order valence-electron chi connectivity index (χ4n) is 5.58. The zero-order valence-electron chi connectivity index (χ0n) is 23.6. The highest BCUT2D eigenvalue weighted by molar-refractivity contribution is 7.18. The van der Waals surface area contributed by atoms with Crippen molar-refractivity contribution >= 4 is 33.5 Å². The van der Waals surface area contributed by atoms with Crippen molar-refractivity contribution in [2.45, 2.75) is 58.4 Å². The van der Waals surface area contributed by atoms with Gasteiger partial charge in [-0.1, -0.05) is 12.1 Å². The average molecular weight is 592 g/mol. The number of benzene rings is 1. The number of amides is 1. The van der Waals surface area contributed by atoms with Crippen LogP contribution in [0, 0.1) is 5.41 Å². The zero-order valence-corrected chi connectivity index (χ0v) is 24.4. The number of fused-ring (bicyclic) bond motifs is 1. The minimum atomic E-state index is -4.24. The summed E-state index contributed by atoms with van der Waals surface area (Å²) in [5.41, 5.74) is 0.818. The smallest absolute Gasteiger partial charge is 0.407 e. The van der Waals surface area contributed by atoms with Gasteiger partial charge in [-0.05, 0) is 57.4 Å². The van der Waals surface area contributed by atoms with Crippen LogP contribution in [0.15, 0.2) is 36.7 Å². The number of hydrogen-bond acceptors (Lipinski definition) is 8. The van der Waals surface area contributed by atoms with Crippen molar-refractivity contribution in [2.24, 2.45) is 5.41 Å². The summed E-state index contributed by atoms with van der Waals surface area (Å²) in [6, 6.07) is 9.68. The first-order valence-electron chi connectivity index (χ1n) is 13.8. The molecule has 5 rings (SSSR count). The van der Waals surface area contributed by atoms with Crippen LogP contribution in [0.5, 0.6) is 5.75 Å². The Balaban J connectivity index is 1.08. The Hall–Kier alpha value is -3.12. The molecule has 2 aliphatic rings. The Bertz CT molecular complexity index is 1370. The van der Waals surface area contributed by atoms with Gasteiger partial charge in [-0.3, -0.25) is 4.90 Å². The molecular formula is C29H36F3N5O3S. The largest absolute Gasteiger partial charge is 0.494 e. The number of carbonyl (C=O) groups is 1. The summed E-state index contributed by atoms with van der Waals surface area (Å²) in [5, 5.41) is 3.45. The van der Waals surface area contributed by atoms with E-state index in [0.717, 1.165) is 62.0 Å². The fourth-order valence-corrected chi connectivity index (χ4v) is 6.60. The van der Waals surface area contributed by atoms with Gasteiger partial charge in [-0.15, -0.1) is 11.3 Å². The van der Waals surface area contributed by atoms with Crippen molar-refractivity contribution in [1.29, 1.82) is 0 Å². The van der Waals surface area contributed by atoms with E-state index in [1.54, 1.807) is 6.07 Å². The molecule has 1 N–H and O–H groups in total. The number of alkyl carbamates (subject to hydrolysis) is 1. The summed E-state index contributed by atoms with van der Waals surface area (Å²) in [6.45, 7) is 10.9. The number of nitrogens with one attached hydrogen (secondary N) is 1. The highest BCUT2D eigenvalue weighted by atomic mass is 32.1. The van der Waals surface area contributed by atoms with E-state index in [2.05, 4.69) is 37.2 Å². The van der Waals surface area contributed by atoms with Crippen LogP contribution >= 0.6 is 11.3 Å². The Labute approximate surface area is 241 Å². The van der Waals surface area contributed by atoms with E-state index >= 15 is 0 Å². The molecule has 1 spiro atoms. The maximum Gasteiger partial charge on any atom is 0.407 e. The lowest BCUT2D eigenvalue weighted by Crippen LogP contribution is -2.56. The predicted molar refractivity (Wildman–Crippen MR) is 153 cm³/mol. The van der Waals surface area contributed by atoms with Crippen molar-refractivity contribution in [3.8, 4) is 5.75 Å². The van der Waals surface area contributed by atoms with E-state index in [9.17, 15) is 18.0 Å². The van der Waals surface area contributed by atoms with Gasteiger partial charge in [0.25, 0.3) is 0 Å². The van der Waals surface area contributed by atoms with Gasteiger partial charge in [-0.2, -0.15) is 13.2 Å². The van der Waals surface area contributed by atoms with Crippen LogP contribution in [-0.4, -0.2) is 72.1 Å². The van der Waals surface area contributed by atoms with Crippen molar-refractivity contribution in [1.82, 2.24) is 20.2 Å². The molecule has 8 nitrogen and oxygen atoms in total. The van der Waals surface area contributed by atoms with Crippen molar-refractivity contribution in [3.63, 3.8) is 0 Å². The summed E-state index contributed by atoms with van der Waals surface area (Å²) in [6.07, 6.45) is -2.46. The number of nitrogens with zero attached hydrogens (tertiary/aromatic N) is 4. The number of hydrogen-bond donors (Lipinski definition) is 1. The van der Waals surface area contributed by atoms with Crippen molar-refractivity contribution in [3.05, 3.63) is 47.1 Å². The molecule has 0 saturated carbocycles. The van der Waals surface area contributed by atoms with E-state index in [-0.39, 0.29) is 10.3 Å². The molecule has 0 radical (unpaired) electrons. The van der Waals surface area contributed by atoms with Crippen LogP contribution in [-0.2, 0) is 17.7 Å². The normalized spacial score (nSPS) is 17.2. The summed E-state index contributed by atoms with van der Waals surface area (Å²) in [4.78, 5) is 25.9.